The fraction of sp³-hybridized carbons (Fsp3) is 0.471. The van der Waals surface area contributed by atoms with Crippen molar-refractivity contribution in [1.82, 2.24) is 14.9 Å². The van der Waals surface area contributed by atoms with Crippen molar-refractivity contribution in [3.05, 3.63) is 54.1 Å². The van der Waals surface area contributed by atoms with E-state index in [0.29, 0.717) is 6.04 Å². The first-order valence-corrected chi connectivity index (χ1v) is 7.20. The van der Waals surface area contributed by atoms with Gasteiger partial charge in [-0.25, -0.2) is 4.98 Å². The maximum atomic E-state index is 4.38. The Kier molecular flexibility index (Phi) is 4.61. The highest BCUT2D eigenvalue weighted by atomic mass is 15.1. The van der Waals surface area contributed by atoms with Crippen molar-refractivity contribution in [1.29, 1.82) is 0 Å². The number of hydrogen-bond acceptors (Lipinski definition) is 2. The Morgan fingerprint density at radius 1 is 1.20 bits per heavy atom. The molecule has 3 heteroatoms. The van der Waals surface area contributed by atoms with Gasteiger partial charge in [0.2, 0.25) is 0 Å². The zero-order chi connectivity index (χ0) is 14.6. The van der Waals surface area contributed by atoms with Crippen LogP contribution >= 0.6 is 0 Å². The minimum absolute atomic E-state index is 0.287. The van der Waals surface area contributed by atoms with Crippen molar-refractivity contribution < 1.29 is 0 Å². The number of hydrogen-bond donors (Lipinski definition) is 1. The molecule has 0 aliphatic rings. The summed E-state index contributed by atoms with van der Waals surface area (Å²) in [6.45, 7) is 7.64. The summed E-state index contributed by atoms with van der Waals surface area (Å²) in [5, 5.41) is 3.65. The van der Waals surface area contributed by atoms with E-state index in [0.717, 1.165) is 18.8 Å². The monoisotopic (exact) mass is 271 g/mol. The Hall–Kier alpha value is -1.61. The molecule has 0 aliphatic carbocycles. The lowest BCUT2D eigenvalue weighted by molar-refractivity contribution is 0.308. The molecular formula is C17H25N3. The summed E-state index contributed by atoms with van der Waals surface area (Å²) >= 11 is 0. The largest absolute Gasteiger partial charge is 0.337 e. The molecule has 0 spiro atoms. The standard InChI is InChI=1S/C17H25N3/c1-17(2,3)12-15(14-8-6-5-7-9-14)19-13-16-18-10-11-20(16)4/h5-11,15,19H,12-13H2,1-4H3. The summed E-state index contributed by atoms with van der Waals surface area (Å²) in [5.74, 6) is 1.07. The van der Waals surface area contributed by atoms with Gasteiger partial charge in [-0.1, -0.05) is 51.1 Å². The first-order chi connectivity index (χ1) is 9.46. The Balaban J connectivity index is 2.09. The van der Waals surface area contributed by atoms with Crippen LogP contribution < -0.4 is 5.32 Å². The van der Waals surface area contributed by atoms with Crippen LogP contribution in [0.3, 0.4) is 0 Å². The summed E-state index contributed by atoms with van der Waals surface area (Å²) in [4.78, 5) is 4.38. The molecule has 1 atom stereocenters. The van der Waals surface area contributed by atoms with E-state index in [9.17, 15) is 0 Å². The second kappa shape index (κ2) is 6.23. The third-order valence-corrected chi connectivity index (χ3v) is 3.45. The lowest BCUT2D eigenvalue weighted by Gasteiger charge is -2.27. The van der Waals surface area contributed by atoms with Crippen molar-refractivity contribution in [2.75, 3.05) is 0 Å². The Bertz CT molecular complexity index is 523. The predicted octanol–water partition coefficient (Wildman–Crippen LogP) is 3.69. The Labute approximate surface area is 122 Å². The maximum Gasteiger partial charge on any atom is 0.122 e. The van der Waals surface area contributed by atoms with Crippen LogP contribution in [0, 0.1) is 5.41 Å². The normalized spacial score (nSPS) is 13.4. The SMILES string of the molecule is Cn1ccnc1CNC(CC(C)(C)C)c1ccccc1. The third kappa shape index (κ3) is 4.20. The zero-order valence-corrected chi connectivity index (χ0v) is 12.9. The highest BCUT2D eigenvalue weighted by Gasteiger charge is 2.20. The van der Waals surface area contributed by atoms with Crippen molar-refractivity contribution >= 4 is 0 Å². The van der Waals surface area contributed by atoms with Crippen LogP contribution in [0.2, 0.25) is 0 Å². The van der Waals surface area contributed by atoms with Gasteiger partial charge < -0.3 is 9.88 Å². The second-order valence-corrected chi connectivity index (χ2v) is 6.56. The van der Waals surface area contributed by atoms with Crippen LogP contribution in [0.25, 0.3) is 0 Å². The summed E-state index contributed by atoms with van der Waals surface area (Å²) in [7, 11) is 2.03. The number of imidazole rings is 1. The fourth-order valence-corrected chi connectivity index (χ4v) is 2.39. The number of nitrogens with one attached hydrogen (secondary N) is 1. The molecule has 1 unspecified atom stereocenters. The van der Waals surface area contributed by atoms with E-state index < -0.39 is 0 Å². The molecule has 1 N–H and O–H groups in total. The first kappa shape index (κ1) is 14.8. The van der Waals surface area contributed by atoms with Gasteiger partial charge in [0, 0.05) is 25.5 Å². The van der Waals surface area contributed by atoms with Gasteiger partial charge in [0.25, 0.3) is 0 Å². The number of benzene rings is 1. The number of rotatable bonds is 5. The molecule has 3 nitrogen and oxygen atoms in total. The zero-order valence-electron chi connectivity index (χ0n) is 12.9. The molecule has 0 aliphatic heterocycles. The average Bonchev–Trinajstić information content (AvgIpc) is 2.80. The molecule has 1 aromatic carbocycles. The fourth-order valence-electron chi connectivity index (χ4n) is 2.39. The molecule has 0 amide bonds. The Morgan fingerprint density at radius 3 is 2.45 bits per heavy atom. The van der Waals surface area contributed by atoms with Crippen molar-refractivity contribution in [2.45, 2.75) is 39.8 Å². The highest BCUT2D eigenvalue weighted by molar-refractivity contribution is 5.19. The lowest BCUT2D eigenvalue weighted by Crippen LogP contribution is -2.26. The van der Waals surface area contributed by atoms with Crippen molar-refractivity contribution in [2.24, 2.45) is 12.5 Å². The van der Waals surface area contributed by atoms with E-state index >= 15 is 0 Å². The molecule has 0 fully saturated rings. The minimum Gasteiger partial charge on any atom is -0.337 e. The van der Waals surface area contributed by atoms with Crippen LogP contribution in [0.1, 0.15) is 44.6 Å². The number of aromatic nitrogens is 2. The van der Waals surface area contributed by atoms with Crippen molar-refractivity contribution in [3.63, 3.8) is 0 Å². The third-order valence-electron chi connectivity index (χ3n) is 3.45. The van der Waals surface area contributed by atoms with E-state index in [-0.39, 0.29) is 5.41 Å². The summed E-state index contributed by atoms with van der Waals surface area (Å²) in [5.41, 5.74) is 1.63. The molecule has 0 saturated heterocycles. The van der Waals surface area contributed by atoms with Gasteiger partial charge in [-0.05, 0) is 17.4 Å². The number of aryl methyl sites for hydroxylation is 1. The van der Waals surface area contributed by atoms with Gasteiger partial charge in [-0.3, -0.25) is 0 Å². The van der Waals surface area contributed by atoms with Gasteiger partial charge >= 0.3 is 0 Å². The van der Waals surface area contributed by atoms with Gasteiger partial charge in [-0.15, -0.1) is 0 Å². The Morgan fingerprint density at radius 2 is 1.90 bits per heavy atom. The minimum atomic E-state index is 0.287. The van der Waals surface area contributed by atoms with Crippen LogP contribution in [-0.4, -0.2) is 9.55 Å². The molecule has 1 heterocycles. The topological polar surface area (TPSA) is 29.9 Å². The smallest absolute Gasteiger partial charge is 0.122 e. The summed E-state index contributed by atoms with van der Waals surface area (Å²) < 4.78 is 2.06. The van der Waals surface area contributed by atoms with Gasteiger partial charge in [0.1, 0.15) is 5.82 Å². The maximum absolute atomic E-state index is 4.38. The summed E-state index contributed by atoms with van der Waals surface area (Å²) in [6, 6.07) is 11.0. The molecule has 2 aromatic rings. The van der Waals surface area contributed by atoms with Crippen LogP contribution in [-0.2, 0) is 13.6 Å². The predicted molar refractivity (Wildman–Crippen MR) is 83.3 cm³/mol. The van der Waals surface area contributed by atoms with Gasteiger partial charge in [0.15, 0.2) is 0 Å². The molecule has 1 aromatic heterocycles. The quantitative estimate of drug-likeness (QED) is 0.899. The molecule has 0 bridgehead atoms. The van der Waals surface area contributed by atoms with E-state index in [2.05, 4.69) is 66.0 Å². The number of nitrogens with zero attached hydrogens (tertiary/aromatic N) is 2. The van der Waals surface area contributed by atoms with Crippen LogP contribution in [0.15, 0.2) is 42.7 Å². The van der Waals surface area contributed by atoms with Crippen LogP contribution in [0.4, 0.5) is 0 Å². The summed E-state index contributed by atoms with van der Waals surface area (Å²) in [6.07, 6.45) is 4.93. The molecular weight excluding hydrogens is 246 g/mol. The molecule has 2 rings (SSSR count). The van der Waals surface area contributed by atoms with E-state index in [4.69, 9.17) is 0 Å². The molecule has 0 radical (unpaired) electrons. The van der Waals surface area contributed by atoms with E-state index in [1.807, 2.05) is 19.4 Å². The van der Waals surface area contributed by atoms with Gasteiger partial charge in [0.05, 0.1) is 6.54 Å². The van der Waals surface area contributed by atoms with E-state index in [1.165, 1.54) is 5.56 Å². The lowest BCUT2D eigenvalue weighted by atomic mass is 9.85. The van der Waals surface area contributed by atoms with Crippen molar-refractivity contribution in [3.8, 4) is 0 Å². The van der Waals surface area contributed by atoms with Crippen LogP contribution in [0.5, 0.6) is 0 Å². The van der Waals surface area contributed by atoms with E-state index in [1.54, 1.807) is 0 Å². The van der Waals surface area contributed by atoms with Gasteiger partial charge in [-0.2, -0.15) is 0 Å². The highest BCUT2D eigenvalue weighted by Crippen LogP contribution is 2.29. The molecule has 20 heavy (non-hydrogen) atoms. The first-order valence-electron chi connectivity index (χ1n) is 7.20. The average molecular weight is 271 g/mol. The molecule has 108 valence electrons. The molecule has 0 saturated carbocycles. The second-order valence-electron chi connectivity index (χ2n) is 6.56.